The Morgan fingerprint density at radius 3 is 2.52 bits per heavy atom. The van der Waals surface area contributed by atoms with E-state index in [1.807, 2.05) is 30.5 Å². The summed E-state index contributed by atoms with van der Waals surface area (Å²) in [6.07, 6.45) is 5.05. The fourth-order valence-electron chi connectivity index (χ4n) is 2.76. The number of piperidine rings is 1. The van der Waals surface area contributed by atoms with Crippen molar-refractivity contribution < 1.29 is 4.79 Å². The molecule has 3 nitrogen and oxygen atoms in total. The minimum Gasteiger partial charge on any atom is -0.326 e. The minimum absolute atomic E-state index is 0. The van der Waals surface area contributed by atoms with E-state index in [0.29, 0.717) is 18.3 Å². The van der Waals surface area contributed by atoms with Gasteiger partial charge in [-0.1, -0.05) is 6.92 Å². The van der Waals surface area contributed by atoms with Crippen molar-refractivity contribution in [3.63, 3.8) is 0 Å². The molecule has 1 fully saturated rings. The van der Waals surface area contributed by atoms with Gasteiger partial charge in [-0.2, -0.15) is 0 Å². The summed E-state index contributed by atoms with van der Waals surface area (Å²) in [7, 11) is 0. The maximum Gasteiger partial charge on any atom is 0.224 e. The third-order valence-corrected chi connectivity index (χ3v) is 4.81. The van der Waals surface area contributed by atoms with Gasteiger partial charge in [-0.15, -0.1) is 24.2 Å². The zero-order valence-electron chi connectivity index (χ0n) is 12.7. The van der Waals surface area contributed by atoms with Gasteiger partial charge in [0.25, 0.3) is 0 Å². The van der Waals surface area contributed by atoms with Crippen LogP contribution in [0.5, 0.6) is 0 Å². The third-order valence-electron chi connectivity index (χ3n) is 4.07. The molecule has 1 saturated heterocycles. The topological polar surface area (TPSA) is 41.1 Å². The van der Waals surface area contributed by atoms with Crippen LogP contribution in [0.25, 0.3) is 0 Å². The Kier molecular flexibility index (Phi) is 8.15. The van der Waals surface area contributed by atoms with Gasteiger partial charge in [0.2, 0.25) is 5.91 Å². The highest BCUT2D eigenvalue weighted by Gasteiger charge is 2.21. The first kappa shape index (κ1) is 18.3. The molecule has 1 aromatic rings. The zero-order chi connectivity index (χ0) is 14.4. The first-order valence-corrected chi connectivity index (χ1v) is 8.56. The van der Waals surface area contributed by atoms with Gasteiger partial charge in [-0.3, -0.25) is 4.79 Å². The molecule has 0 spiro atoms. The fraction of sp³-hybridized carbons (Fsp3) is 0.562. The SMILES string of the molecule is CSc1ccc(NC(=O)CC(C)C2CCNCC2)cc1.Cl. The lowest BCUT2D eigenvalue weighted by molar-refractivity contribution is -0.117. The lowest BCUT2D eigenvalue weighted by Gasteiger charge is -2.27. The summed E-state index contributed by atoms with van der Waals surface area (Å²) in [5.41, 5.74) is 0.894. The highest BCUT2D eigenvalue weighted by molar-refractivity contribution is 7.98. The smallest absolute Gasteiger partial charge is 0.224 e. The fourth-order valence-corrected chi connectivity index (χ4v) is 3.17. The van der Waals surface area contributed by atoms with Crippen molar-refractivity contribution in [2.45, 2.75) is 31.1 Å². The normalized spacial score (nSPS) is 16.9. The minimum atomic E-state index is 0. The molecule has 0 radical (unpaired) electrons. The van der Waals surface area contributed by atoms with Crippen molar-refractivity contribution in [1.29, 1.82) is 0 Å². The molecule has 0 bridgehead atoms. The Bertz CT molecular complexity index is 432. The zero-order valence-corrected chi connectivity index (χ0v) is 14.4. The second kappa shape index (κ2) is 9.34. The number of carbonyl (C=O) groups is 1. The van der Waals surface area contributed by atoms with E-state index >= 15 is 0 Å². The van der Waals surface area contributed by atoms with E-state index in [-0.39, 0.29) is 18.3 Å². The number of nitrogens with one attached hydrogen (secondary N) is 2. The molecule has 0 aliphatic carbocycles. The molecular weight excluding hydrogens is 304 g/mol. The van der Waals surface area contributed by atoms with Crippen LogP contribution in [-0.2, 0) is 4.79 Å². The number of anilines is 1. The Labute approximate surface area is 138 Å². The van der Waals surface area contributed by atoms with Crippen LogP contribution in [0.15, 0.2) is 29.2 Å². The summed E-state index contributed by atoms with van der Waals surface area (Å²) in [5, 5.41) is 6.37. The second-order valence-electron chi connectivity index (χ2n) is 5.55. The first-order chi connectivity index (χ1) is 9.69. The van der Waals surface area contributed by atoms with Crippen molar-refractivity contribution in [3.05, 3.63) is 24.3 Å². The molecule has 1 amide bonds. The van der Waals surface area contributed by atoms with E-state index in [4.69, 9.17) is 0 Å². The Morgan fingerprint density at radius 2 is 1.95 bits per heavy atom. The highest BCUT2D eigenvalue weighted by atomic mass is 35.5. The molecule has 2 N–H and O–H groups in total. The molecule has 1 aliphatic rings. The number of hydrogen-bond acceptors (Lipinski definition) is 3. The second-order valence-corrected chi connectivity index (χ2v) is 6.43. The number of halogens is 1. The molecule has 5 heteroatoms. The van der Waals surface area contributed by atoms with Gasteiger partial charge < -0.3 is 10.6 Å². The van der Waals surface area contributed by atoms with Crippen molar-refractivity contribution in [2.75, 3.05) is 24.7 Å². The van der Waals surface area contributed by atoms with Gasteiger partial charge in [0.15, 0.2) is 0 Å². The maximum atomic E-state index is 12.1. The van der Waals surface area contributed by atoms with E-state index in [0.717, 1.165) is 18.8 Å². The van der Waals surface area contributed by atoms with Crippen LogP contribution in [0.3, 0.4) is 0 Å². The molecule has 1 heterocycles. The molecule has 118 valence electrons. The quantitative estimate of drug-likeness (QED) is 0.808. The van der Waals surface area contributed by atoms with Crippen molar-refractivity contribution in [1.82, 2.24) is 5.32 Å². The summed E-state index contributed by atoms with van der Waals surface area (Å²) in [4.78, 5) is 13.3. The molecule has 1 aliphatic heterocycles. The first-order valence-electron chi connectivity index (χ1n) is 7.33. The van der Waals surface area contributed by atoms with E-state index in [9.17, 15) is 4.79 Å². The summed E-state index contributed by atoms with van der Waals surface area (Å²) in [5.74, 6) is 1.27. The largest absolute Gasteiger partial charge is 0.326 e. The third kappa shape index (κ3) is 5.89. The number of thioether (sulfide) groups is 1. The number of carbonyl (C=O) groups excluding carboxylic acids is 1. The van der Waals surface area contributed by atoms with Gasteiger partial charge in [-0.05, 0) is 68.3 Å². The van der Waals surface area contributed by atoms with E-state index in [1.165, 1.54) is 17.7 Å². The molecule has 1 atom stereocenters. The lowest BCUT2D eigenvalue weighted by atomic mass is 9.84. The van der Waals surface area contributed by atoms with E-state index in [1.54, 1.807) is 11.8 Å². The van der Waals surface area contributed by atoms with Gasteiger partial charge in [0, 0.05) is 17.0 Å². The molecule has 0 saturated carbocycles. The lowest BCUT2D eigenvalue weighted by Crippen LogP contribution is -2.32. The summed E-state index contributed by atoms with van der Waals surface area (Å²) >= 11 is 1.71. The van der Waals surface area contributed by atoms with E-state index < -0.39 is 0 Å². The highest BCUT2D eigenvalue weighted by Crippen LogP contribution is 2.25. The number of amides is 1. The standard InChI is InChI=1S/C16H24N2OS.ClH/c1-12(13-7-9-17-10-8-13)11-16(19)18-14-3-5-15(20-2)6-4-14;/h3-6,12-13,17H,7-11H2,1-2H3,(H,18,19);1H. The van der Waals surface area contributed by atoms with Crippen LogP contribution in [0.1, 0.15) is 26.2 Å². The van der Waals surface area contributed by atoms with Gasteiger partial charge in [0.1, 0.15) is 0 Å². The monoisotopic (exact) mass is 328 g/mol. The van der Waals surface area contributed by atoms with Crippen LogP contribution in [0.2, 0.25) is 0 Å². The summed E-state index contributed by atoms with van der Waals surface area (Å²) in [6.45, 7) is 4.38. The summed E-state index contributed by atoms with van der Waals surface area (Å²) < 4.78 is 0. The maximum absolute atomic E-state index is 12.1. The van der Waals surface area contributed by atoms with Crippen LogP contribution >= 0.6 is 24.2 Å². The number of hydrogen-bond donors (Lipinski definition) is 2. The molecule has 2 rings (SSSR count). The van der Waals surface area contributed by atoms with Gasteiger partial charge in [0.05, 0.1) is 0 Å². The molecule has 0 aromatic heterocycles. The van der Waals surface area contributed by atoms with Crippen molar-refractivity contribution >= 4 is 35.8 Å². The Morgan fingerprint density at radius 1 is 1.33 bits per heavy atom. The van der Waals surface area contributed by atoms with Crippen LogP contribution in [-0.4, -0.2) is 25.3 Å². The van der Waals surface area contributed by atoms with Crippen LogP contribution < -0.4 is 10.6 Å². The molecular formula is C16H25ClN2OS. The van der Waals surface area contributed by atoms with Gasteiger partial charge in [-0.25, -0.2) is 0 Å². The van der Waals surface area contributed by atoms with Gasteiger partial charge >= 0.3 is 0 Å². The van der Waals surface area contributed by atoms with Crippen molar-refractivity contribution in [3.8, 4) is 0 Å². The van der Waals surface area contributed by atoms with E-state index in [2.05, 4.69) is 17.6 Å². The molecule has 21 heavy (non-hydrogen) atoms. The van der Waals surface area contributed by atoms with Crippen molar-refractivity contribution in [2.24, 2.45) is 11.8 Å². The Hall–Kier alpha value is -0.710. The molecule has 1 unspecified atom stereocenters. The Balaban J connectivity index is 0.00000220. The summed E-state index contributed by atoms with van der Waals surface area (Å²) in [6, 6.07) is 8.02. The predicted molar refractivity (Wildman–Crippen MR) is 93.5 cm³/mol. The van der Waals surface area contributed by atoms with Crippen LogP contribution in [0, 0.1) is 11.8 Å². The predicted octanol–water partition coefficient (Wildman–Crippen LogP) is 3.79. The molecule has 1 aromatic carbocycles. The number of benzene rings is 1. The average Bonchev–Trinajstić information content (AvgIpc) is 2.49. The van der Waals surface area contributed by atoms with Crippen LogP contribution in [0.4, 0.5) is 5.69 Å². The average molecular weight is 329 g/mol. The number of rotatable bonds is 5.